The van der Waals surface area contributed by atoms with E-state index in [0.29, 0.717) is 19.8 Å². The largest absolute Gasteiger partial charge is 0.378 e. The van der Waals surface area contributed by atoms with E-state index in [0.717, 1.165) is 12.1 Å². The molecule has 1 heterocycles. The van der Waals surface area contributed by atoms with Crippen LogP contribution in [0.5, 0.6) is 0 Å². The molecule has 0 spiro atoms. The standard InChI is InChI=1S/C10H10ClF2NO/c11-10-7(13)2-1-6(12)9(10)8-5-15-4-3-14-8/h1-2,8,14H,3-5H2/t8-/m1/s1. The summed E-state index contributed by atoms with van der Waals surface area (Å²) >= 11 is 5.72. The molecule has 1 fully saturated rings. The molecule has 0 radical (unpaired) electrons. The monoisotopic (exact) mass is 233 g/mol. The van der Waals surface area contributed by atoms with Crippen molar-refractivity contribution < 1.29 is 13.5 Å². The van der Waals surface area contributed by atoms with Gasteiger partial charge in [-0.15, -0.1) is 0 Å². The van der Waals surface area contributed by atoms with Gasteiger partial charge in [0.2, 0.25) is 0 Å². The van der Waals surface area contributed by atoms with Gasteiger partial charge in [-0.05, 0) is 12.1 Å². The van der Waals surface area contributed by atoms with Crippen molar-refractivity contribution in [1.29, 1.82) is 0 Å². The molecule has 0 aromatic heterocycles. The Hall–Kier alpha value is -0.710. The fourth-order valence-electron chi connectivity index (χ4n) is 1.61. The number of benzene rings is 1. The van der Waals surface area contributed by atoms with Crippen LogP contribution in [0.3, 0.4) is 0 Å². The number of ether oxygens (including phenoxy) is 1. The number of nitrogens with one attached hydrogen (secondary N) is 1. The molecule has 0 aliphatic carbocycles. The lowest BCUT2D eigenvalue weighted by atomic mass is 10.1. The summed E-state index contributed by atoms with van der Waals surface area (Å²) < 4.78 is 31.8. The highest BCUT2D eigenvalue weighted by atomic mass is 35.5. The topological polar surface area (TPSA) is 21.3 Å². The van der Waals surface area contributed by atoms with Gasteiger partial charge in [0, 0.05) is 12.1 Å². The molecule has 5 heteroatoms. The highest BCUT2D eigenvalue weighted by molar-refractivity contribution is 6.31. The van der Waals surface area contributed by atoms with E-state index in [1.807, 2.05) is 0 Å². The molecule has 82 valence electrons. The molecule has 1 N–H and O–H groups in total. The van der Waals surface area contributed by atoms with E-state index in [9.17, 15) is 8.78 Å². The highest BCUT2D eigenvalue weighted by Crippen LogP contribution is 2.29. The van der Waals surface area contributed by atoms with E-state index in [-0.39, 0.29) is 16.6 Å². The van der Waals surface area contributed by atoms with Crippen LogP contribution < -0.4 is 5.32 Å². The minimum atomic E-state index is -0.611. The molecule has 1 saturated heterocycles. The Balaban J connectivity index is 2.36. The van der Waals surface area contributed by atoms with Crippen molar-refractivity contribution in [3.05, 3.63) is 34.4 Å². The molecule has 1 aliphatic heterocycles. The summed E-state index contributed by atoms with van der Waals surface area (Å²) in [5, 5.41) is 2.86. The first-order chi connectivity index (χ1) is 7.20. The van der Waals surface area contributed by atoms with Gasteiger partial charge in [-0.25, -0.2) is 8.78 Å². The van der Waals surface area contributed by atoms with E-state index in [4.69, 9.17) is 16.3 Å². The molecule has 0 bridgehead atoms. The van der Waals surface area contributed by atoms with Crippen LogP contribution in [0.25, 0.3) is 0 Å². The van der Waals surface area contributed by atoms with Crippen molar-refractivity contribution in [3.8, 4) is 0 Å². The Kier molecular flexibility index (Phi) is 3.19. The molecule has 0 amide bonds. The maximum Gasteiger partial charge on any atom is 0.142 e. The van der Waals surface area contributed by atoms with Gasteiger partial charge in [0.15, 0.2) is 0 Å². The first-order valence-corrected chi connectivity index (χ1v) is 5.02. The lowest BCUT2D eigenvalue weighted by Gasteiger charge is -2.25. The lowest BCUT2D eigenvalue weighted by Crippen LogP contribution is -2.35. The number of halogens is 3. The highest BCUT2D eigenvalue weighted by Gasteiger charge is 2.23. The summed E-state index contributed by atoms with van der Waals surface area (Å²) in [7, 11) is 0. The molecule has 1 atom stereocenters. The fourth-order valence-corrected chi connectivity index (χ4v) is 1.90. The molecule has 15 heavy (non-hydrogen) atoms. The van der Waals surface area contributed by atoms with Gasteiger partial charge in [-0.2, -0.15) is 0 Å². The van der Waals surface area contributed by atoms with Crippen molar-refractivity contribution in [3.63, 3.8) is 0 Å². The lowest BCUT2D eigenvalue weighted by molar-refractivity contribution is 0.0757. The van der Waals surface area contributed by atoms with Gasteiger partial charge < -0.3 is 10.1 Å². The fraction of sp³-hybridized carbons (Fsp3) is 0.400. The zero-order valence-corrected chi connectivity index (χ0v) is 8.65. The van der Waals surface area contributed by atoms with Crippen LogP contribution in [0.15, 0.2) is 12.1 Å². The molecular weight excluding hydrogens is 224 g/mol. The Morgan fingerprint density at radius 1 is 1.33 bits per heavy atom. The smallest absolute Gasteiger partial charge is 0.142 e. The Morgan fingerprint density at radius 3 is 2.73 bits per heavy atom. The minimum Gasteiger partial charge on any atom is -0.378 e. The zero-order chi connectivity index (χ0) is 10.8. The molecule has 2 rings (SSSR count). The van der Waals surface area contributed by atoms with Crippen LogP contribution in [-0.4, -0.2) is 19.8 Å². The predicted octanol–water partition coefficient (Wildman–Crippen LogP) is 2.28. The maximum absolute atomic E-state index is 13.5. The van der Waals surface area contributed by atoms with Gasteiger partial charge in [0.1, 0.15) is 11.6 Å². The van der Waals surface area contributed by atoms with E-state index in [1.54, 1.807) is 0 Å². The van der Waals surface area contributed by atoms with Crippen molar-refractivity contribution in [2.24, 2.45) is 0 Å². The van der Waals surface area contributed by atoms with Crippen molar-refractivity contribution in [2.75, 3.05) is 19.8 Å². The van der Waals surface area contributed by atoms with Gasteiger partial charge in [-0.1, -0.05) is 11.6 Å². The van der Waals surface area contributed by atoms with Gasteiger partial charge in [0.05, 0.1) is 24.3 Å². The summed E-state index contributed by atoms with van der Waals surface area (Å²) in [4.78, 5) is 0. The third-order valence-electron chi connectivity index (χ3n) is 2.35. The summed E-state index contributed by atoms with van der Waals surface area (Å²) in [6.45, 7) is 1.49. The molecule has 1 aromatic rings. The Morgan fingerprint density at radius 2 is 2.07 bits per heavy atom. The van der Waals surface area contributed by atoms with Crippen molar-refractivity contribution in [2.45, 2.75) is 6.04 Å². The van der Waals surface area contributed by atoms with E-state index < -0.39 is 11.6 Å². The predicted molar refractivity (Wildman–Crippen MR) is 52.9 cm³/mol. The number of hydrogen-bond acceptors (Lipinski definition) is 2. The molecule has 2 nitrogen and oxygen atoms in total. The van der Waals surface area contributed by atoms with E-state index in [1.165, 1.54) is 0 Å². The Bertz CT molecular complexity index is 367. The average Bonchev–Trinajstić information content (AvgIpc) is 2.26. The van der Waals surface area contributed by atoms with Gasteiger partial charge in [-0.3, -0.25) is 0 Å². The third kappa shape index (κ3) is 2.12. The maximum atomic E-state index is 13.5. The van der Waals surface area contributed by atoms with Crippen molar-refractivity contribution >= 4 is 11.6 Å². The quantitative estimate of drug-likeness (QED) is 0.752. The molecule has 1 aromatic carbocycles. The second-order valence-corrected chi connectivity index (χ2v) is 3.72. The summed E-state index contributed by atoms with van der Waals surface area (Å²) in [6, 6.07) is 1.72. The van der Waals surface area contributed by atoms with E-state index >= 15 is 0 Å². The first kappa shape index (κ1) is 10.8. The van der Waals surface area contributed by atoms with Crippen LogP contribution in [0.2, 0.25) is 5.02 Å². The minimum absolute atomic E-state index is 0.149. The second kappa shape index (κ2) is 4.43. The van der Waals surface area contributed by atoms with Gasteiger partial charge in [0.25, 0.3) is 0 Å². The van der Waals surface area contributed by atoms with Crippen LogP contribution in [0.1, 0.15) is 11.6 Å². The first-order valence-electron chi connectivity index (χ1n) is 4.64. The number of rotatable bonds is 1. The van der Waals surface area contributed by atoms with Crippen LogP contribution >= 0.6 is 11.6 Å². The number of hydrogen-bond donors (Lipinski definition) is 1. The van der Waals surface area contributed by atoms with E-state index in [2.05, 4.69) is 5.32 Å². The number of morpholine rings is 1. The molecule has 0 unspecified atom stereocenters. The second-order valence-electron chi connectivity index (χ2n) is 3.34. The normalized spacial score (nSPS) is 21.7. The SMILES string of the molecule is Fc1ccc(F)c([C@H]2COCCN2)c1Cl. The summed E-state index contributed by atoms with van der Waals surface area (Å²) in [5.41, 5.74) is 0.149. The van der Waals surface area contributed by atoms with Gasteiger partial charge >= 0.3 is 0 Å². The Labute approximate surface area is 91.2 Å². The van der Waals surface area contributed by atoms with Crippen molar-refractivity contribution in [1.82, 2.24) is 5.32 Å². The van der Waals surface area contributed by atoms with Crippen LogP contribution in [-0.2, 0) is 4.74 Å². The summed E-state index contributed by atoms with van der Waals surface area (Å²) in [6.07, 6.45) is 0. The van der Waals surface area contributed by atoms with Crippen LogP contribution in [0, 0.1) is 11.6 Å². The zero-order valence-electron chi connectivity index (χ0n) is 7.90. The average molecular weight is 234 g/mol. The summed E-state index contributed by atoms with van der Waals surface area (Å²) in [5.74, 6) is -1.12. The molecule has 0 saturated carbocycles. The molecule has 1 aliphatic rings. The third-order valence-corrected chi connectivity index (χ3v) is 2.73. The molecular formula is C10H10ClF2NO. The van der Waals surface area contributed by atoms with Crippen LogP contribution in [0.4, 0.5) is 8.78 Å².